The molecule has 0 spiro atoms. The van der Waals surface area contributed by atoms with Gasteiger partial charge >= 0.3 is 10.1 Å². The summed E-state index contributed by atoms with van der Waals surface area (Å²) in [5.41, 5.74) is 2.68. The van der Waals surface area contributed by atoms with Crippen molar-refractivity contribution < 1.29 is 13.0 Å². The van der Waals surface area contributed by atoms with Gasteiger partial charge in [-0.25, -0.2) is 0 Å². The maximum atomic E-state index is 11.2. The fourth-order valence-electron chi connectivity index (χ4n) is 1.75. The van der Waals surface area contributed by atoms with E-state index in [1.807, 2.05) is 18.2 Å². The van der Waals surface area contributed by atoms with E-state index in [0.29, 0.717) is 5.56 Å². The van der Waals surface area contributed by atoms with Gasteiger partial charge in [0.25, 0.3) is 0 Å². The fourth-order valence-corrected chi connectivity index (χ4v) is 2.39. The number of hydrogen-bond acceptors (Lipinski definition) is 2. The van der Waals surface area contributed by atoms with Crippen LogP contribution in [0.15, 0.2) is 54.8 Å². The highest BCUT2D eigenvalue weighted by molar-refractivity contribution is 7.95. The van der Waals surface area contributed by atoms with Gasteiger partial charge in [0.1, 0.15) is 4.91 Å². The molecule has 2 rings (SSSR count). The summed E-state index contributed by atoms with van der Waals surface area (Å²) in [6.45, 7) is 3.31. The highest BCUT2D eigenvalue weighted by Crippen LogP contribution is 2.27. The molecule has 0 heterocycles. The molecule has 1 N–H and O–H groups in total. The molecule has 2 aromatic rings. The first-order valence-corrected chi connectivity index (χ1v) is 6.34. The molecule has 0 saturated heterocycles. The number of rotatable bonds is 2. The van der Waals surface area contributed by atoms with Crippen molar-refractivity contribution in [3.63, 3.8) is 0 Å². The first-order chi connectivity index (χ1) is 8.04. The van der Waals surface area contributed by atoms with Gasteiger partial charge in [0.05, 0.1) is 0 Å². The highest BCUT2D eigenvalue weighted by Gasteiger charge is 2.17. The van der Waals surface area contributed by atoms with E-state index in [9.17, 15) is 8.42 Å². The lowest BCUT2D eigenvalue weighted by molar-refractivity contribution is 0.496. The Morgan fingerprint density at radius 1 is 1.12 bits per heavy atom. The molecule has 0 saturated carbocycles. The molecule has 4 heteroatoms. The van der Waals surface area contributed by atoms with Gasteiger partial charge in [-0.3, -0.25) is 4.55 Å². The quantitative estimate of drug-likeness (QED) is 0.654. The average molecular weight is 246 g/mol. The Kier molecular flexibility index (Phi) is 2.86. The van der Waals surface area contributed by atoms with Crippen molar-refractivity contribution in [1.82, 2.24) is 0 Å². The van der Waals surface area contributed by atoms with Gasteiger partial charge in [0.15, 0.2) is 0 Å². The molecule has 0 aromatic heterocycles. The molecule has 0 bridgehead atoms. The summed E-state index contributed by atoms with van der Waals surface area (Å²) in [6, 6.07) is 12.5. The van der Waals surface area contributed by atoms with Crippen LogP contribution in [0.5, 0.6) is 0 Å². The predicted octanol–water partition coefficient (Wildman–Crippen LogP) is 2.85. The molecule has 3 nitrogen and oxygen atoms in total. The van der Waals surface area contributed by atoms with E-state index in [-0.39, 0.29) is 4.91 Å². The monoisotopic (exact) mass is 246 g/mol. The summed E-state index contributed by atoms with van der Waals surface area (Å²) in [7, 11) is -4.32. The van der Waals surface area contributed by atoms with Gasteiger partial charge in [-0.15, -0.1) is 5.73 Å². The molecule has 2 aromatic carbocycles. The van der Waals surface area contributed by atoms with Gasteiger partial charge < -0.3 is 0 Å². The van der Waals surface area contributed by atoms with Crippen molar-refractivity contribution in [2.24, 2.45) is 0 Å². The third kappa shape index (κ3) is 2.15. The van der Waals surface area contributed by atoms with Crippen LogP contribution in [-0.4, -0.2) is 13.0 Å². The molecule has 0 unspecified atom stereocenters. The van der Waals surface area contributed by atoms with Crippen LogP contribution in [0.2, 0.25) is 0 Å². The Labute approximate surface area is 99.5 Å². The molecule has 0 aliphatic heterocycles. The minimum absolute atomic E-state index is 0.297. The molecule has 86 valence electrons. The van der Waals surface area contributed by atoms with Crippen LogP contribution < -0.4 is 0 Å². The second-order valence-corrected chi connectivity index (χ2v) is 4.87. The van der Waals surface area contributed by atoms with Crippen LogP contribution in [0, 0.1) is 0 Å². The molecule has 0 amide bonds. The Morgan fingerprint density at radius 3 is 2.41 bits per heavy atom. The van der Waals surface area contributed by atoms with Gasteiger partial charge in [0, 0.05) is 5.56 Å². The van der Waals surface area contributed by atoms with Crippen LogP contribution >= 0.6 is 0 Å². The van der Waals surface area contributed by atoms with Crippen molar-refractivity contribution in [3.8, 4) is 0 Å². The standard InChI is InChI=1S/C13H10O3S/c1-2-13(17(14,15)16)12-9-5-7-10-6-3-4-8-11(10)12/h3-9H,1H2,(H,14,15,16). The number of benzene rings is 2. The molecule has 0 atom stereocenters. The van der Waals surface area contributed by atoms with Crippen molar-refractivity contribution in [1.29, 1.82) is 0 Å². The molecule has 0 radical (unpaired) electrons. The Hall–Kier alpha value is -1.87. The third-order valence-corrected chi connectivity index (χ3v) is 3.33. The van der Waals surface area contributed by atoms with Crippen LogP contribution in [0.1, 0.15) is 5.56 Å². The number of fused-ring (bicyclic) bond motifs is 1. The van der Waals surface area contributed by atoms with Crippen LogP contribution in [-0.2, 0) is 10.1 Å². The second-order valence-electron chi connectivity index (χ2n) is 3.51. The van der Waals surface area contributed by atoms with E-state index in [0.717, 1.165) is 10.8 Å². The lowest BCUT2D eigenvalue weighted by atomic mass is 10.0. The van der Waals surface area contributed by atoms with E-state index in [1.54, 1.807) is 24.3 Å². The van der Waals surface area contributed by atoms with Crippen molar-refractivity contribution >= 4 is 25.8 Å². The van der Waals surface area contributed by atoms with Gasteiger partial charge in [-0.1, -0.05) is 49.0 Å². The summed E-state index contributed by atoms with van der Waals surface area (Å²) in [6.07, 6.45) is 0. The second kappa shape index (κ2) is 4.18. The summed E-state index contributed by atoms with van der Waals surface area (Å²) >= 11 is 0. The van der Waals surface area contributed by atoms with E-state index >= 15 is 0 Å². The summed E-state index contributed by atoms with van der Waals surface area (Å²) < 4.78 is 31.6. The van der Waals surface area contributed by atoms with Gasteiger partial charge in [-0.05, 0) is 10.8 Å². The topological polar surface area (TPSA) is 54.4 Å². The van der Waals surface area contributed by atoms with Crippen LogP contribution in [0.3, 0.4) is 0 Å². The fraction of sp³-hybridized carbons (Fsp3) is 0. The maximum absolute atomic E-state index is 11.2. The maximum Gasteiger partial charge on any atom is 0.302 e. The zero-order valence-electron chi connectivity index (χ0n) is 8.92. The van der Waals surface area contributed by atoms with E-state index in [1.165, 1.54) is 0 Å². The predicted molar refractivity (Wildman–Crippen MR) is 68.0 cm³/mol. The van der Waals surface area contributed by atoms with Crippen molar-refractivity contribution in [3.05, 3.63) is 60.3 Å². The van der Waals surface area contributed by atoms with E-state index in [2.05, 4.69) is 12.3 Å². The zero-order valence-corrected chi connectivity index (χ0v) is 9.74. The lowest BCUT2D eigenvalue weighted by Gasteiger charge is -2.06. The molecular formula is C13H10O3S. The van der Waals surface area contributed by atoms with Crippen molar-refractivity contribution in [2.75, 3.05) is 0 Å². The molecule has 17 heavy (non-hydrogen) atoms. The average Bonchev–Trinajstić information content (AvgIpc) is 2.28. The highest BCUT2D eigenvalue weighted by atomic mass is 32.2. The molecule has 0 fully saturated rings. The summed E-state index contributed by atoms with van der Waals surface area (Å²) in [5.74, 6) is 0. The Balaban J connectivity index is 2.85. The summed E-state index contributed by atoms with van der Waals surface area (Å²) in [4.78, 5) is -0.297. The molecular weight excluding hydrogens is 236 g/mol. The van der Waals surface area contributed by atoms with E-state index in [4.69, 9.17) is 4.55 Å². The normalized spacial score (nSPS) is 11.1. The smallest absolute Gasteiger partial charge is 0.281 e. The summed E-state index contributed by atoms with van der Waals surface area (Å²) in [5, 5.41) is 1.63. The lowest BCUT2D eigenvalue weighted by Crippen LogP contribution is -2.00. The third-order valence-electron chi connectivity index (χ3n) is 2.45. The first-order valence-electron chi connectivity index (χ1n) is 4.89. The van der Waals surface area contributed by atoms with Crippen LogP contribution in [0.4, 0.5) is 0 Å². The minimum Gasteiger partial charge on any atom is -0.281 e. The minimum atomic E-state index is -4.32. The number of hydrogen-bond donors (Lipinski definition) is 1. The largest absolute Gasteiger partial charge is 0.302 e. The SMILES string of the molecule is C=C=C(c1cccc2ccccc12)S(=O)(=O)O. The van der Waals surface area contributed by atoms with Gasteiger partial charge in [0.2, 0.25) is 0 Å². The van der Waals surface area contributed by atoms with E-state index < -0.39 is 10.1 Å². The Bertz CT molecular complexity index is 718. The Morgan fingerprint density at radius 2 is 1.76 bits per heavy atom. The van der Waals surface area contributed by atoms with Gasteiger partial charge in [-0.2, -0.15) is 8.42 Å². The zero-order chi connectivity index (χ0) is 12.5. The molecule has 0 aliphatic rings. The van der Waals surface area contributed by atoms with Crippen molar-refractivity contribution in [2.45, 2.75) is 0 Å². The molecule has 0 aliphatic carbocycles. The first kappa shape index (κ1) is 11.6. The van der Waals surface area contributed by atoms with Crippen LogP contribution in [0.25, 0.3) is 15.7 Å².